The Bertz CT molecular complexity index is 1530. The molecular formula is C35H43N5O4. The molecule has 3 aliphatic rings. The van der Waals surface area contributed by atoms with Crippen molar-refractivity contribution in [1.82, 2.24) is 19.8 Å². The molecule has 1 aliphatic carbocycles. The number of anilines is 1. The second-order valence-electron chi connectivity index (χ2n) is 12.3. The first-order chi connectivity index (χ1) is 21.4. The number of carboxylic acid groups (broad SMARTS) is 1. The Kier molecular flexibility index (Phi) is 9.37. The molecule has 1 aromatic carbocycles. The summed E-state index contributed by atoms with van der Waals surface area (Å²) >= 11 is 0. The van der Waals surface area contributed by atoms with Gasteiger partial charge in [-0.05, 0) is 59.7 Å². The molecule has 0 spiro atoms. The molecule has 232 valence electrons. The van der Waals surface area contributed by atoms with E-state index in [-0.39, 0.29) is 18.3 Å². The maximum atomic E-state index is 11.0. The molecule has 2 unspecified atom stereocenters. The van der Waals surface area contributed by atoms with Crippen LogP contribution in [0.5, 0.6) is 0 Å². The summed E-state index contributed by atoms with van der Waals surface area (Å²) in [5.74, 6) is 0.195. The van der Waals surface area contributed by atoms with E-state index >= 15 is 0 Å². The maximum Gasteiger partial charge on any atom is 0.303 e. The molecule has 44 heavy (non-hydrogen) atoms. The molecule has 0 bridgehead atoms. The molecule has 3 aromatic rings. The van der Waals surface area contributed by atoms with E-state index in [1.54, 1.807) is 0 Å². The molecule has 2 atom stereocenters. The highest BCUT2D eigenvalue weighted by Crippen LogP contribution is 2.40. The third kappa shape index (κ3) is 6.86. The number of carbonyl (C=O) groups is 1. The number of rotatable bonds is 12. The van der Waals surface area contributed by atoms with Gasteiger partial charge in [0.1, 0.15) is 5.52 Å². The summed E-state index contributed by atoms with van der Waals surface area (Å²) in [6, 6.07) is 12.7. The van der Waals surface area contributed by atoms with Crippen LogP contribution in [0.3, 0.4) is 0 Å². The number of allylic oxidation sites excluding steroid dienone is 2. The number of pyridine rings is 2. The lowest BCUT2D eigenvalue weighted by Crippen LogP contribution is -2.48. The van der Waals surface area contributed by atoms with Crippen LogP contribution >= 0.6 is 0 Å². The van der Waals surface area contributed by atoms with Crippen molar-refractivity contribution in [2.24, 2.45) is 11.8 Å². The number of nitrogens with one attached hydrogen (secondary N) is 1. The lowest BCUT2D eigenvalue weighted by Gasteiger charge is -2.41. The van der Waals surface area contributed by atoms with Crippen molar-refractivity contribution in [3.05, 3.63) is 83.7 Å². The number of benzene rings is 1. The maximum absolute atomic E-state index is 11.0. The normalized spacial score (nSPS) is 23.0. The number of nitrogens with zero attached hydrogens (tertiary/aromatic N) is 4. The van der Waals surface area contributed by atoms with Crippen LogP contribution in [0, 0.1) is 18.8 Å². The van der Waals surface area contributed by atoms with Gasteiger partial charge in [0.05, 0.1) is 26.2 Å². The quantitative estimate of drug-likeness (QED) is 0.221. The van der Waals surface area contributed by atoms with Gasteiger partial charge in [0.25, 0.3) is 0 Å². The van der Waals surface area contributed by atoms with Gasteiger partial charge in [0, 0.05) is 63.0 Å². The Balaban J connectivity index is 1.22. The zero-order valence-corrected chi connectivity index (χ0v) is 25.7. The minimum absolute atomic E-state index is 0.00141. The van der Waals surface area contributed by atoms with Crippen LogP contribution in [0.1, 0.15) is 36.5 Å². The van der Waals surface area contributed by atoms with Crippen LogP contribution in [-0.4, -0.2) is 89.1 Å². The van der Waals surface area contributed by atoms with E-state index < -0.39 is 11.7 Å². The molecule has 2 aromatic heterocycles. The second kappa shape index (κ2) is 13.6. The summed E-state index contributed by atoms with van der Waals surface area (Å²) in [6.45, 7) is 11.8. The molecule has 2 fully saturated rings. The van der Waals surface area contributed by atoms with Gasteiger partial charge in [-0.2, -0.15) is 0 Å². The number of aryl methyl sites for hydroxylation is 1. The van der Waals surface area contributed by atoms with Crippen molar-refractivity contribution >= 4 is 28.3 Å². The molecule has 6 rings (SSSR count). The first-order valence-corrected chi connectivity index (χ1v) is 15.8. The van der Waals surface area contributed by atoms with Gasteiger partial charge in [-0.25, -0.2) is 4.98 Å². The molecule has 2 N–H and O–H groups in total. The number of hydrogen-bond acceptors (Lipinski definition) is 8. The largest absolute Gasteiger partial charge is 0.481 e. The zero-order valence-electron chi connectivity index (χ0n) is 25.7. The van der Waals surface area contributed by atoms with E-state index in [2.05, 4.69) is 77.5 Å². The Labute approximate surface area is 259 Å². The van der Waals surface area contributed by atoms with Crippen LogP contribution in [0.2, 0.25) is 0 Å². The fraction of sp³-hybridized carbons (Fsp3) is 0.457. The van der Waals surface area contributed by atoms with Crippen LogP contribution in [0.4, 0.5) is 5.82 Å². The van der Waals surface area contributed by atoms with Crippen molar-refractivity contribution in [2.45, 2.75) is 39.0 Å². The summed E-state index contributed by atoms with van der Waals surface area (Å²) in [5, 5.41) is 13.8. The Morgan fingerprint density at radius 3 is 2.77 bits per heavy atom. The average Bonchev–Trinajstić information content (AvgIpc) is 3.00. The first-order valence-electron chi connectivity index (χ1n) is 15.8. The highest BCUT2D eigenvalue weighted by atomic mass is 16.5. The van der Waals surface area contributed by atoms with Crippen LogP contribution in [-0.2, 0) is 20.8 Å². The summed E-state index contributed by atoms with van der Waals surface area (Å²) < 4.78 is 12.4. The SMILES string of the molecule is Cc1ccccc1C1=CC=CC(Nc2nccc3cc(CN4CC(CC(=O)O)C4)cnc23)(OCCCN2CCOCC2)C1C. The molecule has 2 aliphatic heterocycles. The van der Waals surface area contributed by atoms with E-state index in [1.807, 2.05) is 18.5 Å². The number of ether oxygens (including phenoxy) is 2. The van der Waals surface area contributed by atoms with Gasteiger partial charge < -0.3 is 19.9 Å². The number of aromatic nitrogens is 2. The third-order valence-electron chi connectivity index (χ3n) is 9.12. The Hall–Kier alpha value is -3.63. The van der Waals surface area contributed by atoms with Crippen molar-refractivity contribution in [1.29, 1.82) is 0 Å². The van der Waals surface area contributed by atoms with E-state index in [4.69, 9.17) is 24.5 Å². The number of fused-ring (bicyclic) bond motifs is 1. The highest BCUT2D eigenvalue weighted by molar-refractivity contribution is 5.89. The number of aliphatic carboxylic acids is 1. The minimum Gasteiger partial charge on any atom is -0.481 e. The smallest absolute Gasteiger partial charge is 0.303 e. The number of likely N-dealkylation sites (tertiary alicyclic amines) is 1. The molecule has 0 radical (unpaired) electrons. The second-order valence-corrected chi connectivity index (χ2v) is 12.3. The topological polar surface area (TPSA) is 100 Å². The summed E-state index contributed by atoms with van der Waals surface area (Å²) in [5.41, 5.74) is 4.77. The van der Waals surface area contributed by atoms with Crippen molar-refractivity contribution < 1.29 is 19.4 Å². The van der Waals surface area contributed by atoms with Crippen LogP contribution < -0.4 is 5.32 Å². The zero-order chi connectivity index (χ0) is 30.5. The van der Waals surface area contributed by atoms with E-state index in [9.17, 15) is 4.79 Å². The van der Waals surface area contributed by atoms with Gasteiger partial charge in [-0.15, -0.1) is 0 Å². The summed E-state index contributed by atoms with van der Waals surface area (Å²) in [6.07, 6.45) is 11.3. The molecule has 9 nitrogen and oxygen atoms in total. The van der Waals surface area contributed by atoms with Gasteiger partial charge >= 0.3 is 5.97 Å². The molecule has 9 heteroatoms. The van der Waals surface area contributed by atoms with Crippen molar-refractivity contribution in [2.75, 3.05) is 57.9 Å². The van der Waals surface area contributed by atoms with Gasteiger partial charge in [-0.1, -0.05) is 43.3 Å². The average molecular weight is 598 g/mol. The van der Waals surface area contributed by atoms with Crippen LogP contribution in [0.25, 0.3) is 16.5 Å². The number of carboxylic acids is 1. The standard InChI is InChI=1S/C35H43N5O4/c1-25-7-3-4-8-30(25)31-9-5-11-35(26(31)2,44-16-6-13-39-14-17-43-18-15-39)38-34-33-29(10-12-36-34)19-27(21-37-33)22-40-23-28(24-40)20-32(41)42/h3-5,7-12,19,21,26,28H,6,13-18,20,22-24H2,1-2H3,(H,36,38)(H,41,42). The lowest BCUT2D eigenvalue weighted by atomic mass is 9.80. The summed E-state index contributed by atoms with van der Waals surface area (Å²) in [4.78, 5) is 25.3. The van der Waals surface area contributed by atoms with Crippen LogP contribution in [0.15, 0.2) is 67.0 Å². The number of hydrogen-bond donors (Lipinski definition) is 2. The van der Waals surface area contributed by atoms with Gasteiger partial charge in [0.2, 0.25) is 0 Å². The van der Waals surface area contributed by atoms with Gasteiger partial charge in [0.15, 0.2) is 11.5 Å². The predicted octanol–water partition coefficient (Wildman–Crippen LogP) is 4.98. The Morgan fingerprint density at radius 2 is 1.98 bits per heavy atom. The predicted molar refractivity (Wildman–Crippen MR) is 172 cm³/mol. The Morgan fingerprint density at radius 1 is 1.16 bits per heavy atom. The molecule has 2 saturated heterocycles. The van der Waals surface area contributed by atoms with Crippen molar-refractivity contribution in [3.63, 3.8) is 0 Å². The monoisotopic (exact) mass is 597 g/mol. The molecule has 4 heterocycles. The van der Waals surface area contributed by atoms with Gasteiger partial charge in [-0.3, -0.25) is 19.6 Å². The fourth-order valence-corrected chi connectivity index (χ4v) is 6.66. The highest BCUT2D eigenvalue weighted by Gasteiger charge is 2.40. The van der Waals surface area contributed by atoms with E-state index in [0.717, 1.165) is 75.4 Å². The van der Waals surface area contributed by atoms with E-state index in [1.165, 1.54) is 16.7 Å². The van der Waals surface area contributed by atoms with Crippen molar-refractivity contribution in [3.8, 4) is 0 Å². The van der Waals surface area contributed by atoms with E-state index in [0.29, 0.717) is 12.4 Å². The molecule has 0 amide bonds. The molecule has 0 saturated carbocycles. The summed E-state index contributed by atoms with van der Waals surface area (Å²) in [7, 11) is 0. The third-order valence-corrected chi connectivity index (χ3v) is 9.12. The first kappa shape index (κ1) is 30.4. The molecular weight excluding hydrogens is 554 g/mol. The number of morpholine rings is 1. The fourth-order valence-electron chi connectivity index (χ4n) is 6.66. The lowest BCUT2D eigenvalue weighted by molar-refractivity contribution is -0.139. The minimum atomic E-state index is -0.810.